The van der Waals surface area contributed by atoms with E-state index in [0.717, 1.165) is 22.5 Å². The predicted octanol–water partition coefficient (Wildman–Crippen LogP) is 3.42. The third-order valence-corrected chi connectivity index (χ3v) is 3.66. The van der Waals surface area contributed by atoms with Gasteiger partial charge in [-0.15, -0.1) is 0 Å². The molecule has 1 unspecified atom stereocenters. The van der Waals surface area contributed by atoms with Crippen LogP contribution in [0.2, 0.25) is 0 Å². The van der Waals surface area contributed by atoms with Gasteiger partial charge in [0.15, 0.2) is 0 Å². The average Bonchev–Trinajstić information content (AvgIpc) is 2.71. The zero-order chi connectivity index (χ0) is 10.7. The van der Waals surface area contributed by atoms with Crippen LogP contribution in [0.4, 0.5) is 0 Å². The van der Waals surface area contributed by atoms with Crippen LogP contribution >= 0.6 is 15.9 Å². The molecular weight excluding hydrogens is 252 g/mol. The number of pyridine rings is 1. The monoisotopic (exact) mass is 268 g/mol. The van der Waals surface area contributed by atoms with Crippen molar-refractivity contribution in [3.63, 3.8) is 0 Å². The fraction of sp³-hybridized carbons (Fsp3) is 0.583. The lowest BCUT2D eigenvalue weighted by molar-refractivity contribution is 0.446. The SMILES string of the molecule is NC(CC1CCCC1)c1ccc(Br)cn1. The van der Waals surface area contributed by atoms with E-state index in [4.69, 9.17) is 5.73 Å². The first-order valence-electron chi connectivity index (χ1n) is 5.63. The molecule has 0 amide bonds. The molecule has 2 N–H and O–H groups in total. The van der Waals surface area contributed by atoms with E-state index >= 15 is 0 Å². The molecule has 1 fully saturated rings. The molecule has 0 aromatic carbocycles. The van der Waals surface area contributed by atoms with Gasteiger partial charge in [-0.05, 0) is 40.4 Å². The smallest absolute Gasteiger partial charge is 0.0571 e. The Morgan fingerprint density at radius 2 is 2.13 bits per heavy atom. The van der Waals surface area contributed by atoms with Crippen molar-refractivity contribution in [3.8, 4) is 0 Å². The summed E-state index contributed by atoms with van der Waals surface area (Å²) in [7, 11) is 0. The second-order valence-electron chi connectivity index (χ2n) is 4.39. The van der Waals surface area contributed by atoms with E-state index in [1.54, 1.807) is 0 Å². The first-order chi connectivity index (χ1) is 7.25. The fourth-order valence-corrected chi connectivity index (χ4v) is 2.57. The van der Waals surface area contributed by atoms with Crippen LogP contribution in [0.5, 0.6) is 0 Å². The lowest BCUT2D eigenvalue weighted by Crippen LogP contribution is -2.15. The third-order valence-electron chi connectivity index (χ3n) is 3.19. The number of aromatic nitrogens is 1. The Bertz CT molecular complexity index is 304. The fourth-order valence-electron chi connectivity index (χ4n) is 2.33. The normalized spacial score (nSPS) is 19.3. The van der Waals surface area contributed by atoms with E-state index in [1.165, 1.54) is 25.7 Å². The summed E-state index contributed by atoms with van der Waals surface area (Å²) in [5.74, 6) is 0.824. The maximum atomic E-state index is 6.15. The minimum absolute atomic E-state index is 0.112. The zero-order valence-corrected chi connectivity index (χ0v) is 10.4. The van der Waals surface area contributed by atoms with Gasteiger partial charge < -0.3 is 5.73 Å². The Hall–Kier alpha value is -0.410. The van der Waals surface area contributed by atoms with Gasteiger partial charge >= 0.3 is 0 Å². The second-order valence-corrected chi connectivity index (χ2v) is 5.31. The molecule has 1 aliphatic rings. The Labute approximate surface area is 99.4 Å². The van der Waals surface area contributed by atoms with Crippen LogP contribution in [0.1, 0.15) is 43.8 Å². The highest BCUT2D eigenvalue weighted by atomic mass is 79.9. The van der Waals surface area contributed by atoms with E-state index in [-0.39, 0.29) is 6.04 Å². The van der Waals surface area contributed by atoms with Crippen molar-refractivity contribution in [2.45, 2.75) is 38.1 Å². The van der Waals surface area contributed by atoms with Crippen LogP contribution in [0.25, 0.3) is 0 Å². The van der Waals surface area contributed by atoms with Gasteiger partial charge in [0.25, 0.3) is 0 Å². The summed E-state index contributed by atoms with van der Waals surface area (Å²) in [5.41, 5.74) is 7.17. The number of nitrogens with two attached hydrogens (primary N) is 1. The van der Waals surface area contributed by atoms with Crippen LogP contribution in [-0.4, -0.2) is 4.98 Å². The van der Waals surface area contributed by atoms with Crippen LogP contribution in [-0.2, 0) is 0 Å². The Kier molecular flexibility index (Phi) is 3.76. The van der Waals surface area contributed by atoms with Crippen molar-refractivity contribution >= 4 is 15.9 Å². The number of hydrogen-bond acceptors (Lipinski definition) is 2. The van der Waals surface area contributed by atoms with Gasteiger partial charge in [-0.1, -0.05) is 25.7 Å². The highest BCUT2D eigenvalue weighted by Crippen LogP contribution is 2.31. The van der Waals surface area contributed by atoms with E-state index in [9.17, 15) is 0 Å². The van der Waals surface area contributed by atoms with Gasteiger partial charge in [0.05, 0.1) is 5.69 Å². The minimum Gasteiger partial charge on any atom is -0.323 e. The second kappa shape index (κ2) is 5.08. The lowest BCUT2D eigenvalue weighted by atomic mass is 9.97. The van der Waals surface area contributed by atoms with Crippen LogP contribution in [0, 0.1) is 5.92 Å². The van der Waals surface area contributed by atoms with Crippen molar-refractivity contribution in [2.24, 2.45) is 11.7 Å². The molecule has 3 heteroatoms. The highest BCUT2D eigenvalue weighted by molar-refractivity contribution is 9.10. The van der Waals surface area contributed by atoms with Crippen molar-refractivity contribution < 1.29 is 0 Å². The molecule has 1 saturated carbocycles. The van der Waals surface area contributed by atoms with E-state index in [0.29, 0.717) is 0 Å². The largest absolute Gasteiger partial charge is 0.323 e. The maximum Gasteiger partial charge on any atom is 0.0571 e. The molecular formula is C12H17BrN2. The molecule has 0 saturated heterocycles. The van der Waals surface area contributed by atoms with Crippen LogP contribution in [0.3, 0.4) is 0 Å². The van der Waals surface area contributed by atoms with Crippen LogP contribution < -0.4 is 5.73 Å². The summed E-state index contributed by atoms with van der Waals surface area (Å²) in [6.07, 6.45) is 8.38. The molecule has 2 nitrogen and oxygen atoms in total. The highest BCUT2D eigenvalue weighted by Gasteiger charge is 2.19. The number of hydrogen-bond donors (Lipinski definition) is 1. The summed E-state index contributed by atoms with van der Waals surface area (Å²) in [4.78, 5) is 4.35. The zero-order valence-electron chi connectivity index (χ0n) is 8.82. The summed E-state index contributed by atoms with van der Waals surface area (Å²) < 4.78 is 1.01. The maximum absolute atomic E-state index is 6.15. The molecule has 1 heterocycles. The predicted molar refractivity (Wildman–Crippen MR) is 65.4 cm³/mol. The van der Waals surface area contributed by atoms with Crippen molar-refractivity contribution in [3.05, 3.63) is 28.5 Å². The molecule has 0 spiro atoms. The first kappa shape index (κ1) is 11.1. The van der Waals surface area contributed by atoms with Gasteiger partial charge in [0.2, 0.25) is 0 Å². The van der Waals surface area contributed by atoms with E-state index < -0.39 is 0 Å². The van der Waals surface area contributed by atoms with E-state index in [2.05, 4.69) is 20.9 Å². The van der Waals surface area contributed by atoms with Gasteiger partial charge in [-0.2, -0.15) is 0 Å². The summed E-state index contributed by atoms with van der Waals surface area (Å²) in [5, 5.41) is 0. The quantitative estimate of drug-likeness (QED) is 0.913. The first-order valence-corrected chi connectivity index (χ1v) is 6.42. The molecule has 0 aliphatic heterocycles. The van der Waals surface area contributed by atoms with Gasteiger partial charge in [-0.3, -0.25) is 4.98 Å². The molecule has 0 bridgehead atoms. The Balaban J connectivity index is 1.94. The summed E-state index contributed by atoms with van der Waals surface area (Å²) >= 11 is 3.38. The standard InChI is InChI=1S/C12H17BrN2/c13-10-5-6-12(15-8-10)11(14)7-9-3-1-2-4-9/h5-6,8-9,11H,1-4,7,14H2. The van der Waals surface area contributed by atoms with Crippen molar-refractivity contribution in [1.29, 1.82) is 0 Å². The lowest BCUT2D eigenvalue weighted by Gasteiger charge is -2.15. The molecule has 0 radical (unpaired) electrons. The Morgan fingerprint density at radius 1 is 1.40 bits per heavy atom. The van der Waals surface area contributed by atoms with Gasteiger partial charge in [-0.25, -0.2) is 0 Å². The molecule has 2 rings (SSSR count). The molecule has 1 aromatic heterocycles. The topological polar surface area (TPSA) is 38.9 Å². The molecule has 1 aromatic rings. The molecule has 82 valence electrons. The molecule has 15 heavy (non-hydrogen) atoms. The van der Waals surface area contributed by atoms with E-state index in [1.807, 2.05) is 18.3 Å². The third kappa shape index (κ3) is 3.02. The Morgan fingerprint density at radius 3 is 2.73 bits per heavy atom. The van der Waals surface area contributed by atoms with Gasteiger partial charge in [0.1, 0.15) is 0 Å². The number of rotatable bonds is 3. The average molecular weight is 269 g/mol. The minimum atomic E-state index is 0.112. The van der Waals surface area contributed by atoms with Crippen molar-refractivity contribution in [2.75, 3.05) is 0 Å². The van der Waals surface area contributed by atoms with Crippen molar-refractivity contribution in [1.82, 2.24) is 4.98 Å². The number of halogens is 1. The summed E-state index contributed by atoms with van der Waals surface area (Å²) in [6.45, 7) is 0. The molecule has 1 aliphatic carbocycles. The summed E-state index contributed by atoms with van der Waals surface area (Å²) in [6, 6.07) is 4.14. The van der Waals surface area contributed by atoms with Crippen LogP contribution in [0.15, 0.2) is 22.8 Å². The molecule has 1 atom stereocenters. The number of nitrogens with zero attached hydrogens (tertiary/aromatic N) is 1. The van der Waals surface area contributed by atoms with Gasteiger partial charge in [0, 0.05) is 16.7 Å².